The van der Waals surface area contributed by atoms with E-state index in [0.717, 1.165) is 0 Å². The Balaban J connectivity index is 3.01. The van der Waals surface area contributed by atoms with Crippen molar-refractivity contribution in [3.8, 4) is 0 Å². The van der Waals surface area contributed by atoms with Crippen LogP contribution in [0.15, 0.2) is 0 Å². The second-order valence-electron chi connectivity index (χ2n) is 2.34. The number of aromatic amines is 1. The van der Waals surface area contributed by atoms with Crippen LogP contribution in [0.4, 0.5) is 0 Å². The molecule has 0 bridgehead atoms. The van der Waals surface area contributed by atoms with E-state index in [4.69, 9.17) is 47.0 Å². The monoisotopic (exact) mass is 266 g/mol. The largest absolute Gasteiger partial charge is 0.320 e. The van der Waals surface area contributed by atoms with Crippen molar-refractivity contribution >= 4 is 58.1 Å². The zero-order chi connectivity index (χ0) is 10.3. The van der Waals surface area contributed by atoms with Crippen LogP contribution >= 0.6 is 47.0 Å². The zero-order valence-electron chi connectivity index (χ0n) is 6.38. The minimum absolute atomic E-state index is 0.0109. The van der Waals surface area contributed by atoms with Crippen LogP contribution in [0, 0.1) is 4.77 Å². The molecular weight excluding hydrogens is 267 g/mol. The fraction of sp³-hybridized carbons (Fsp3) is 0. The van der Waals surface area contributed by atoms with Gasteiger partial charge in [0.1, 0.15) is 16.2 Å². The third kappa shape index (κ3) is 1.68. The van der Waals surface area contributed by atoms with E-state index in [0.29, 0.717) is 11.0 Å². The van der Waals surface area contributed by atoms with Gasteiger partial charge in [-0.15, -0.1) is 0 Å². The fourth-order valence-electron chi connectivity index (χ4n) is 0.937. The molecule has 14 heavy (non-hydrogen) atoms. The van der Waals surface area contributed by atoms with Crippen molar-refractivity contribution in [2.45, 2.75) is 0 Å². The lowest BCUT2D eigenvalue weighted by molar-refractivity contribution is 1.13. The molecule has 2 aromatic heterocycles. The number of halogens is 3. The van der Waals surface area contributed by atoms with E-state index < -0.39 is 0 Å². The average molecular weight is 268 g/mol. The Bertz CT molecular complexity index is 567. The van der Waals surface area contributed by atoms with Gasteiger partial charge in [0.15, 0.2) is 9.92 Å². The highest BCUT2D eigenvalue weighted by molar-refractivity contribution is 7.71. The first kappa shape index (κ1) is 10.0. The lowest BCUT2D eigenvalue weighted by atomic mass is 10.4. The van der Waals surface area contributed by atoms with E-state index in [1.54, 1.807) is 0 Å². The summed E-state index contributed by atoms with van der Waals surface area (Å²) < 4.78 is 0.218. The van der Waals surface area contributed by atoms with Gasteiger partial charge in [0.05, 0.1) is 0 Å². The van der Waals surface area contributed by atoms with E-state index in [2.05, 4.69) is 19.9 Å². The second-order valence-corrected chi connectivity index (χ2v) is 3.80. The molecule has 72 valence electrons. The first-order valence-electron chi connectivity index (χ1n) is 3.36. The fourth-order valence-corrected chi connectivity index (χ4v) is 1.83. The van der Waals surface area contributed by atoms with Gasteiger partial charge in [-0.25, -0.2) is 15.0 Å². The summed E-state index contributed by atoms with van der Waals surface area (Å²) in [5, 5.41) is 0.380. The summed E-state index contributed by atoms with van der Waals surface area (Å²) in [4.78, 5) is 14.2. The lowest BCUT2D eigenvalue weighted by Crippen LogP contribution is -1.93. The van der Waals surface area contributed by atoms with Gasteiger partial charge < -0.3 is 4.98 Å². The molecule has 0 aliphatic carbocycles. The Hall–Kier alpha value is -0.490. The van der Waals surface area contributed by atoms with Gasteiger partial charge in [-0.3, -0.25) is 0 Å². The molecule has 0 saturated heterocycles. The number of aromatic nitrogens is 4. The summed E-state index contributed by atoms with van der Waals surface area (Å²) in [6.45, 7) is 0. The van der Waals surface area contributed by atoms with Crippen LogP contribution in [-0.4, -0.2) is 19.9 Å². The van der Waals surface area contributed by atoms with Crippen molar-refractivity contribution in [2.24, 2.45) is 0 Å². The molecule has 0 aromatic carbocycles. The summed E-state index contributed by atoms with van der Waals surface area (Å²) >= 11 is 22.0. The van der Waals surface area contributed by atoms with Crippen molar-refractivity contribution in [1.29, 1.82) is 0 Å². The molecule has 0 unspecified atom stereocenters. The second kappa shape index (κ2) is 3.58. The van der Waals surface area contributed by atoms with Crippen molar-refractivity contribution in [1.82, 2.24) is 19.9 Å². The Morgan fingerprint density at radius 2 is 1.71 bits per heavy atom. The Morgan fingerprint density at radius 3 is 2.43 bits per heavy atom. The number of nitrogens with one attached hydrogen (secondary N) is 1. The number of rotatable bonds is 0. The molecule has 0 saturated carbocycles. The summed E-state index contributed by atoms with van der Waals surface area (Å²) in [6, 6.07) is 0. The maximum absolute atomic E-state index is 5.84. The zero-order valence-corrected chi connectivity index (χ0v) is 9.47. The third-order valence-electron chi connectivity index (χ3n) is 1.45. The molecule has 8 heteroatoms. The Morgan fingerprint density at radius 1 is 1.00 bits per heavy atom. The standard InChI is InChI=1S/C6HCl3N4S/c7-3-2-1(10-5(9)12-3)4(8)13-6(14)11-2/h(H,11,13,14). The Labute approximate surface area is 98.3 Å². The molecule has 0 aliphatic heterocycles. The lowest BCUT2D eigenvalue weighted by Gasteiger charge is -2.00. The van der Waals surface area contributed by atoms with Crippen molar-refractivity contribution in [3.63, 3.8) is 0 Å². The molecule has 0 fully saturated rings. The van der Waals surface area contributed by atoms with Crippen LogP contribution in [0.5, 0.6) is 0 Å². The highest BCUT2D eigenvalue weighted by Crippen LogP contribution is 2.23. The molecule has 0 radical (unpaired) electrons. The van der Waals surface area contributed by atoms with E-state index >= 15 is 0 Å². The van der Waals surface area contributed by atoms with Gasteiger partial charge in [-0.05, 0) is 23.8 Å². The third-order valence-corrected chi connectivity index (χ3v) is 2.35. The highest BCUT2D eigenvalue weighted by Gasteiger charge is 2.09. The van der Waals surface area contributed by atoms with E-state index in [1.165, 1.54) is 0 Å². The van der Waals surface area contributed by atoms with E-state index in [9.17, 15) is 0 Å². The summed E-state index contributed by atoms with van der Waals surface area (Å²) in [5.74, 6) is 0. The van der Waals surface area contributed by atoms with Gasteiger partial charge in [-0.1, -0.05) is 23.2 Å². The van der Waals surface area contributed by atoms with Crippen molar-refractivity contribution in [2.75, 3.05) is 0 Å². The highest BCUT2D eigenvalue weighted by atomic mass is 35.5. The number of fused-ring (bicyclic) bond motifs is 1. The molecule has 2 aromatic rings. The van der Waals surface area contributed by atoms with E-state index in [1.807, 2.05) is 0 Å². The van der Waals surface area contributed by atoms with Crippen molar-refractivity contribution < 1.29 is 0 Å². The van der Waals surface area contributed by atoms with Crippen LogP contribution in [0.3, 0.4) is 0 Å². The molecule has 0 amide bonds. The van der Waals surface area contributed by atoms with E-state index in [-0.39, 0.29) is 20.4 Å². The molecule has 2 rings (SSSR count). The summed E-state index contributed by atoms with van der Waals surface area (Å²) in [7, 11) is 0. The maximum atomic E-state index is 5.84. The van der Waals surface area contributed by atoms with Gasteiger partial charge >= 0.3 is 0 Å². The van der Waals surface area contributed by atoms with Crippen LogP contribution in [-0.2, 0) is 0 Å². The van der Waals surface area contributed by atoms with Crippen LogP contribution in [0.2, 0.25) is 15.6 Å². The molecule has 0 aliphatic rings. The molecule has 0 atom stereocenters. The van der Waals surface area contributed by atoms with Gasteiger partial charge in [0, 0.05) is 0 Å². The first-order chi connectivity index (χ1) is 6.58. The number of hydrogen-bond acceptors (Lipinski definition) is 4. The minimum Gasteiger partial charge on any atom is -0.320 e. The van der Waals surface area contributed by atoms with Gasteiger partial charge in [-0.2, -0.15) is 0 Å². The van der Waals surface area contributed by atoms with Crippen LogP contribution < -0.4 is 0 Å². The number of hydrogen-bond donors (Lipinski definition) is 1. The van der Waals surface area contributed by atoms with Gasteiger partial charge in [0.25, 0.3) is 0 Å². The predicted molar refractivity (Wildman–Crippen MR) is 57.5 cm³/mol. The topological polar surface area (TPSA) is 54.5 Å². The normalized spacial score (nSPS) is 10.8. The SMILES string of the molecule is S=c1nc2c(Cl)nc(Cl)nc2c(Cl)[nH]1. The molecule has 2 heterocycles. The molecule has 4 nitrogen and oxygen atoms in total. The van der Waals surface area contributed by atoms with Crippen LogP contribution in [0.25, 0.3) is 11.0 Å². The van der Waals surface area contributed by atoms with Crippen LogP contribution in [0.1, 0.15) is 0 Å². The molecular formula is C6HCl3N4S. The quantitative estimate of drug-likeness (QED) is 0.453. The van der Waals surface area contributed by atoms with Gasteiger partial charge in [0.2, 0.25) is 5.28 Å². The minimum atomic E-state index is 0.0109. The Kier molecular flexibility index (Phi) is 2.57. The number of nitrogens with zero attached hydrogens (tertiary/aromatic N) is 3. The molecule has 1 N–H and O–H groups in total. The smallest absolute Gasteiger partial charge is 0.224 e. The average Bonchev–Trinajstić information content (AvgIpc) is 2.07. The van der Waals surface area contributed by atoms with Crippen molar-refractivity contribution in [3.05, 3.63) is 20.4 Å². The molecule has 0 spiro atoms. The maximum Gasteiger partial charge on any atom is 0.224 e. The summed E-state index contributed by atoms with van der Waals surface area (Å²) in [6.07, 6.45) is 0. The number of H-pyrrole nitrogens is 1. The summed E-state index contributed by atoms with van der Waals surface area (Å²) in [5.41, 5.74) is 0.690. The first-order valence-corrected chi connectivity index (χ1v) is 4.90. The predicted octanol–water partition coefficient (Wildman–Crippen LogP) is 3.04.